The minimum atomic E-state index is -0.0521. The lowest BCUT2D eigenvalue weighted by atomic mass is 10.1. The van der Waals surface area contributed by atoms with Crippen LogP contribution in [0, 0.1) is 0 Å². The SMILES string of the molecule is O=C(c1ccc2nccnc2c1)N1CCSC1c1ccccc1Cl. The summed E-state index contributed by atoms with van der Waals surface area (Å²) in [6.45, 7) is 0.706. The third-order valence-corrected chi connectivity index (χ3v) is 5.63. The lowest BCUT2D eigenvalue weighted by molar-refractivity contribution is 0.0760. The molecular weight excluding hydrogens is 342 g/mol. The first-order valence-electron chi connectivity index (χ1n) is 7.62. The normalized spacial score (nSPS) is 17.4. The van der Waals surface area contributed by atoms with Gasteiger partial charge >= 0.3 is 0 Å². The van der Waals surface area contributed by atoms with Crippen molar-refractivity contribution in [1.29, 1.82) is 0 Å². The van der Waals surface area contributed by atoms with Crippen molar-refractivity contribution in [2.24, 2.45) is 0 Å². The van der Waals surface area contributed by atoms with Crippen LogP contribution in [-0.4, -0.2) is 33.1 Å². The summed E-state index contributed by atoms with van der Waals surface area (Å²) >= 11 is 8.07. The molecule has 1 aromatic heterocycles. The lowest BCUT2D eigenvalue weighted by Gasteiger charge is -2.25. The Balaban J connectivity index is 1.68. The number of nitrogens with zero attached hydrogens (tertiary/aromatic N) is 3. The standard InChI is InChI=1S/C18H14ClN3OS/c19-14-4-2-1-3-13(14)18-22(9-10-24-18)17(23)12-5-6-15-16(11-12)21-8-7-20-15/h1-8,11,18H,9-10H2. The summed E-state index contributed by atoms with van der Waals surface area (Å²) in [4.78, 5) is 23.4. The van der Waals surface area contributed by atoms with E-state index in [4.69, 9.17) is 11.6 Å². The Hall–Kier alpha value is -2.11. The second-order valence-electron chi connectivity index (χ2n) is 5.50. The Morgan fingerprint density at radius 2 is 1.92 bits per heavy atom. The highest BCUT2D eigenvalue weighted by molar-refractivity contribution is 7.99. The van der Waals surface area contributed by atoms with Gasteiger partial charge in [-0.05, 0) is 24.3 Å². The highest BCUT2D eigenvalue weighted by Crippen LogP contribution is 2.41. The maximum absolute atomic E-state index is 13.0. The number of amides is 1. The Kier molecular flexibility index (Phi) is 4.12. The van der Waals surface area contributed by atoms with E-state index in [0.29, 0.717) is 17.1 Å². The molecule has 1 unspecified atom stereocenters. The maximum Gasteiger partial charge on any atom is 0.255 e. The van der Waals surface area contributed by atoms with Crippen molar-refractivity contribution >= 4 is 40.3 Å². The van der Waals surface area contributed by atoms with Gasteiger partial charge in [-0.3, -0.25) is 14.8 Å². The van der Waals surface area contributed by atoms with Gasteiger partial charge in [0.15, 0.2) is 0 Å². The molecule has 1 aliphatic heterocycles. The third-order valence-electron chi connectivity index (χ3n) is 4.04. The van der Waals surface area contributed by atoms with Crippen LogP contribution in [0.25, 0.3) is 11.0 Å². The third kappa shape index (κ3) is 2.74. The molecule has 6 heteroatoms. The van der Waals surface area contributed by atoms with E-state index in [1.165, 1.54) is 0 Å². The zero-order valence-corrected chi connectivity index (χ0v) is 14.3. The highest BCUT2D eigenvalue weighted by Gasteiger charge is 2.32. The quantitative estimate of drug-likeness (QED) is 0.692. The number of carbonyl (C=O) groups is 1. The van der Waals surface area contributed by atoms with Crippen LogP contribution in [0.1, 0.15) is 21.3 Å². The van der Waals surface area contributed by atoms with E-state index in [-0.39, 0.29) is 11.3 Å². The van der Waals surface area contributed by atoms with Crippen LogP contribution in [0.4, 0.5) is 0 Å². The first kappa shape index (κ1) is 15.4. The number of thioether (sulfide) groups is 1. The second kappa shape index (κ2) is 6.42. The van der Waals surface area contributed by atoms with Gasteiger partial charge in [0.05, 0.1) is 11.0 Å². The molecule has 0 spiro atoms. The number of hydrogen-bond donors (Lipinski definition) is 0. The molecule has 0 saturated carbocycles. The van der Waals surface area contributed by atoms with E-state index in [0.717, 1.165) is 22.3 Å². The van der Waals surface area contributed by atoms with E-state index in [2.05, 4.69) is 9.97 Å². The van der Waals surface area contributed by atoms with E-state index >= 15 is 0 Å². The van der Waals surface area contributed by atoms with Gasteiger partial charge in [0.2, 0.25) is 0 Å². The van der Waals surface area contributed by atoms with Crippen LogP contribution in [0.2, 0.25) is 5.02 Å². The fraction of sp³-hybridized carbons (Fsp3) is 0.167. The Bertz CT molecular complexity index is 917. The fourth-order valence-corrected chi connectivity index (χ4v) is 4.47. The predicted octanol–water partition coefficient (Wildman–Crippen LogP) is 4.17. The molecule has 1 fully saturated rings. The fourth-order valence-electron chi connectivity index (χ4n) is 2.87. The molecule has 1 atom stereocenters. The number of benzene rings is 2. The number of halogens is 1. The lowest BCUT2D eigenvalue weighted by Crippen LogP contribution is -2.30. The van der Waals surface area contributed by atoms with Crippen molar-refractivity contribution in [3.05, 3.63) is 71.0 Å². The Morgan fingerprint density at radius 3 is 2.75 bits per heavy atom. The van der Waals surface area contributed by atoms with Crippen molar-refractivity contribution < 1.29 is 4.79 Å². The predicted molar refractivity (Wildman–Crippen MR) is 97.2 cm³/mol. The largest absolute Gasteiger partial charge is 0.322 e. The molecule has 2 heterocycles. The number of hydrogen-bond acceptors (Lipinski definition) is 4. The molecule has 3 aromatic rings. The average Bonchev–Trinajstić information content (AvgIpc) is 3.10. The van der Waals surface area contributed by atoms with E-state index < -0.39 is 0 Å². The molecule has 0 aliphatic carbocycles. The number of rotatable bonds is 2. The van der Waals surface area contributed by atoms with Crippen LogP contribution in [0.3, 0.4) is 0 Å². The Labute approximate surface area is 148 Å². The summed E-state index contributed by atoms with van der Waals surface area (Å²) in [5.74, 6) is 0.895. The first-order chi connectivity index (χ1) is 11.7. The summed E-state index contributed by atoms with van der Waals surface area (Å²) < 4.78 is 0. The van der Waals surface area contributed by atoms with Crippen molar-refractivity contribution in [2.75, 3.05) is 12.3 Å². The smallest absolute Gasteiger partial charge is 0.255 e. The molecule has 4 rings (SSSR count). The molecule has 24 heavy (non-hydrogen) atoms. The molecule has 0 radical (unpaired) electrons. The van der Waals surface area contributed by atoms with Crippen LogP contribution in [0.15, 0.2) is 54.9 Å². The molecule has 120 valence electrons. The van der Waals surface area contributed by atoms with Crippen LogP contribution in [0.5, 0.6) is 0 Å². The molecule has 1 aliphatic rings. The summed E-state index contributed by atoms with van der Waals surface area (Å²) in [5.41, 5.74) is 3.12. The first-order valence-corrected chi connectivity index (χ1v) is 9.04. The van der Waals surface area contributed by atoms with Crippen molar-refractivity contribution in [3.63, 3.8) is 0 Å². The Morgan fingerprint density at radius 1 is 1.12 bits per heavy atom. The zero-order valence-electron chi connectivity index (χ0n) is 12.7. The molecule has 1 amide bonds. The van der Waals surface area contributed by atoms with Gasteiger partial charge in [-0.2, -0.15) is 0 Å². The summed E-state index contributed by atoms with van der Waals surface area (Å²) in [7, 11) is 0. The van der Waals surface area contributed by atoms with Crippen LogP contribution < -0.4 is 0 Å². The zero-order chi connectivity index (χ0) is 16.5. The second-order valence-corrected chi connectivity index (χ2v) is 7.10. The molecular formula is C18H14ClN3OS. The monoisotopic (exact) mass is 355 g/mol. The van der Waals surface area contributed by atoms with E-state index in [1.807, 2.05) is 41.3 Å². The van der Waals surface area contributed by atoms with Crippen molar-refractivity contribution in [3.8, 4) is 0 Å². The summed E-state index contributed by atoms with van der Waals surface area (Å²) in [5, 5.41) is 0.642. The number of aromatic nitrogens is 2. The molecule has 2 aromatic carbocycles. The maximum atomic E-state index is 13.0. The highest BCUT2D eigenvalue weighted by atomic mass is 35.5. The van der Waals surface area contributed by atoms with Gasteiger partial charge in [-0.1, -0.05) is 29.8 Å². The molecule has 0 N–H and O–H groups in total. The van der Waals surface area contributed by atoms with Gasteiger partial charge in [0, 0.05) is 40.8 Å². The summed E-state index contributed by atoms with van der Waals surface area (Å²) in [6.07, 6.45) is 3.28. The average molecular weight is 356 g/mol. The topological polar surface area (TPSA) is 46.1 Å². The van der Waals surface area contributed by atoms with Gasteiger partial charge in [0.1, 0.15) is 5.37 Å². The number of fused-ring (bicyclic) bond motifs is 1. The van der Waals surface area contributed by atoms with E-state index in [1.54, 1.807) is 30.2 Å². The molecule has 1 saturated heterocycles. The van der Waals surface area contributed by atoms with Gasteiger partial charge in [0.25, 0.3) is 5.91 Å². The van der Waals surface area contributed by atoms with Crippen LogP contribution >= 0.6 is 23.4 Å². The minimum absolute atomic E-state index is 0.00234. The van der Waals surface area contributed by atoms with Crippen LogP contribution in [-0.2, 0) is 0 Å². The van der Waals surface area contributed by atoms with Gasteiger partial charge < -0.3 is 4.90 Å². The van der Waals surface area contributed by atoms with Gasteiger partial charge in [-0.25, -0.2) is 0 Å². The van der Waals surface area contributed by atoms with Gasteiger partial charge in [-0.15, -0.1) is 11.8 Å². The molecule has 4 nitrogen and oxygen atoms in total. The van der Waals surface area contributed by atoms with Crippen molar-refractivity contribution in [1.82, 2.24) is 14.9 Å². The molecule has 0 bridgehead atoms. The minimum Gasteiger partial charge on any atom is -0.322 e. The number of carbonyl (C=O) groups excluding carboxylic acids is 1. The van der Waals surface area contributed by atoms with E-state index in [9.17, 15) is 4.79 Å². The summed E-state index contributed by atoms with van der Waals surface area (Å²) in [6, 6.07) is 13.2. The van der Waals surface area contributed by atoms with Crippen molar-refractivity contribution in [2.45, 2.75) is 5.37 Å².